The van der Waals surface area contributed by atoms with Crippen LogP contribution in [-0.4, -0.2) is 29.8 Å². The standard InChI is InChI=1S/C21H21F3N2O2/c1-14-7-9-18(10-8-14)25-19(27)16-5-3-11-26(13-16)20(28)15-4-2-6-17(12-15)21(22,23)24/h2,4,6-10,12,16H,3,5,11,13H2,1H3,(H,25,27)/t16-/m1/s1. The van der Waals surface area contributed by atoms with Gasteiger partial charge >= 0.3 is 6.18 Å². The van der Waals surface area contributed by atoms with Gasteiger partial charge in [0.25, 0.3) is 5.91 Å². The second-order valence-electron chi connectivity index (χ2n) is 7.02. The molecule has 7 heteroatoms. The number of aryl methyl sites for hydroxylation is 1. The molecule has 1 fully saturated rings. The molecule has 2 aromatic rings. The van der Waals surface area contributed by atoms with E-state index < -0.39 is 23.6 Å². The third-order valence-corrected chi connectivity index (χ3v) is 4.84. The maximum Gasteiger partial charge on any atom is 0.416 e. The molecule has 0 radical (unpaired) electrons. The van der Waals surface area contributed by atoms with Crippen molar-refractivity contribution in [3.63, 3.8) is 0 Å². The Morgan fingerprint density at radius 2 is 1.82 bits per heavy atom. The number of rotatable bonds is 3. The second kappa shape index (κ2) is 8.04. The van der Waals surface area contributed by atoms with Crippen LogP contribution in [0.1, 0.15) is 34.3 Å². The number of hydrogen-bond acceptors (Lipinski definition) is 2. The second-order valence-corrected chi connectivity index (χ2v) is 7.02. The van der Waals surface area contributed by atoms with Crippen LogP contribution in [0, 0.1) is 12.8 Å². The van der Waals surface area contributed by atoms with Crippen LogP contribution in [0.2, 0.25) is 0 Å². The topological polar surface area (TPSA) is 49.4 Å². The summed E-state index contributed by atoms with van der Waals surface area (Å²) in [5, 5.41) is 2.84. The summed E-state index contributed by atoms with van der Waals surface area (Å²) >= 11 is 0. The zero-order valence-electron chi connectivity index (χ0n) is 15.4. The van der Waals surface area contributed by atoms with Gasteiger partial charge in [-0.2, -0.15) is 13.2 Å². The average molecular weight is 390 g/mol. The normalized spacial score (nSPS) is 17.3. The molecule has 1 aliphatic rings. The summed E-state index contributed by atoms with van der Waals surface area (Å²) < 4.78 is 38.7. The maximum absolute atomic E-state index is 12.9. The van der Waals surface area contributed by atoms with Crippen LogP contribution in [-0.2, 0) is 11.0 Å². The van der Waals surface area contributed by atoms with Gasteiger partial charge in [0.15, 0.2) is 0 Å². The van der Waals surface area contributed by atoms with E-state index in [1.807, 2.05) is 31.2 Å². The third-order valence-electron chi connectivity index (χ3n) is 4.84. The molecule has 4 nitrogen and oxygen atoms in total. The largest absolute Gasteiger partial charge is 0.416 e. The lowest BCUT2D eigenvalue weighted by Crippen LogP contribution is -2.43. The number of likely N-dealkylation sites (tertiary alicyclic amines) is 1. The molecule has 0 aliphatic carbocycles. The molecule has 2 amide bonds. The number of nitrogens with zero attached hydrogens (tertiary/aromatic N) is 1. The van der Waals surface area contributed by atoms with Crippen molar-refractivity contribution in [2.45, 2.75) is 25.9 Å². The number of anilines is 1. The SMILES string of the molecule is Cc1ccc(NC(=O)[C@@H]2CCCN(C(=O)c3cccc(C(F)(F)F)c3)C2)cc1. The number of halogens is 3. The number of carbonyl (C=O) groups is 2. The molecule has 1 saturated heterocycles. The fourth-order valence-corrected chi connectivity index (χ4v) is 3.27. The molecule has 0 unspecified atom stereocenters. The molecule has 1 atom stereocenters. The van der Waals surface area contributed by atoms with Crippen LogP contribution >= 0.6 is 0 Å². The van der Waals surface area contributed by atoms with E-state index in [1.54, 1.807) is 0 Å². The summed E-state index contributed by atoms with van der Waals surface area (Å²) in [5.41, 5.74) is 0.879. The van der Waals surface area contributed by atoms with E-state index in [0.29, 0.717) is 25.1 Å². The molecular weight excluding hydrogens is 369 g/mol. The highest BCUT2D eigenvalue weighted by Gasteiger charge is 2.33. The lowest BCUT2D eigenvalue weighted by molar-refractivity contribution is -0.137. The average Bonchev–Trinajstić information content (AvgIpc) is 2.68. The van der Waals surface area contributed by atoms with Gasteiger partial charge in [-0.3, -0.25) is 9.59 Å². The first kappa shape index (κ1) is 19.9. The zero-order valence-corrected chi connectivity index (χ0v) is 15.4. The number of benzene rings is 2. The van der Waals surface area contributed by atoms with Crippen LogP contribution in [0.5, 0.6) is 0 Å². The Hall–Kier alpha value is -2.83. The first-order valence-electron chi connectivity index (χ1n) is 9.08. The molecule has 0 spiro atoms. The summed E-state index contributed by atoms with van der Waals surface area (Å²) in [5.74, 6) is -1.07. The minimum Gasteiger partial charge on any atom is -0.338 e. The highest BCUT2D eigenvalue weighted by Crippen LogP contribution is 2.30. The number of amides is 2. The smallest absolute Gasteiger partial charge is 0.338 e. The van der Waals surface area contributed by atoms with E-state index in [-0.39, 0.29) is 18.0 Å². The Balaban J connectivity index is 1.68. The summed E-state index contributed by atoms with van der Waals surface area (Å²) in [6.07, 6.45) is -3.25. The minimum absolute atomic E-state index is 0.0191. The van der Waals surface area contributed by atoms with Gasteiger partial charge < -0.3 is 10.2 Å². The number of alkyl halides is 3. The summed E-state index contributed by atoms with van der Waals surface area (Å²) in [6, 6.07) is 11.8. The van der Waals surface area contributed by atoms with Gasteiger partial charge in [0.1, 0.15) is 0 Å². The van der Waals surface area contributed by atoms with Crippen molar-refractivity contribution in [2.75, 3.05) is 18.4 Å². The monoisotopic (exact) mass is 390 g/mol. The molecule has 148 valence electrons. The van der Waals surface area contributed by atoms with Crippen LogP contribution in [0.25, 0.3) is 0 Å². The maximum atomic E-state index is 12.9. The Bertz CT molecular complexity index is 863. The summed E-state index contributed by atoms with van der Waals surface area (Å²) in [7, 11) is 0. The molecule has 3 rings (SSSR count). The first-order chi connectivity index (χ1) is 13.2. The van der Waals surface area contributed by atoms with Gasteiger partial charge in [0.2, 0.25) is 5.91 Å². The first-order valence-corrected chi connectivity index (χ1v) is 9.08. The van der Waals surface area contributed by atoms with Gasteiger partial charge in [-0.25, -0.2) is 0 Å². The predicted molar refractivity (Wildman–Crippen MR) is 99.9 cm³/mol. The highest BCUT2D eigenvalue weighted by atomic mass is 19.4. The Morgan fingerprint density at radius 3 is 2.50 bits per heavy atom. The Morgan fingerprint density at radius 1 is 1.11 bits per heavy atom. The molecular formula is C21H21F3N2O2. The van der Waals surface area contributed by atoms with Gasteiger partial charge in [0, 0.05) is 24.3 Å². The van der Waals surface area contributed by atoms with Gasteiger partial charge in [-0.05, 0) is 50.1 Å². The zero-order chi connectivity index (χ0) is 20.3. The van der Waals surface area contributed by atoms with Crippen molar-refractivity contribution in [1.82, 2.24) is 4.90 Å². The van der Waals surface area contributed by atoms with E-state index in [1.165, 1.54) is 17.0 Å². The fourth-order valence-electron chi connectivity index (χ4n) is 3.27. The van der Waals surface area contributed by atoms with Crippen molar-refractivity contribution >= 4 is 17.5 Å². The highest BCUT2D eigenvalue weighted by molar-refractivity contribution is 5.96. The van der Waals surface area contributed by atoms with Crippen LogP contribution in [0.3, 0.4) is 0 Å². The van der Waals surface area contributed by atoms with E-state index in [9.17, 15) is 22.8 Å². The van der Waals surface area contributed by atoms with Crippen molar-refractivity contribution < 1.29 is 22.8 Å². The predicted octanol–water partition coefficient (Wildman–Crippen LogP) is 4.50. The van der Waals surface area contributed by atoms with Crippen molar-refractivity contribution in [3.05, 3.63) is 65.2 Å². The van der Waals surface area contributed by atoms with Crippen molar-refractivity contribution in [2.24, 2.45) is 5.92 Å². The lowest BCUT2D eigenvalue weighted by atomic mass is 9.96. The fraction of sp³-hybridized carbons (Fsp3) is 0.333. The molecule has 1 heterocycles. The molecule has 0 bridgehead atoms. The van der Waals surface area contributed by atoms with E-state index in [0.717, 1.165) is 17.7 Å². The van der Waals surface area contributed by atoms with Crippen LogP contribution in [0.4, 0.5) is 18.9 Å². The third kappa shape index (κ3) is 4.71. The summed E-state index contributed by atoms with van der Waals surface area (Å²) in [4.78, 5) is 26.7. The molecule has 1 aliphatic heterocycles. The minimum atomic E-state index is -4.51. The number of carbonyl (C=O) groups excluding carboxylic acids is 2. The van der Waals surface area contributed by atoms with E-state index >= 15 is 0 Å². The quantitative estimate of drug-likeness (QED) is 0.839. The molecule has 0 saturated carbocycles. The van der Waals surface area contributed by atoms with E-state index in [2.05, 4.69) is 5.32 Å². The van der Waals surface area contributed by atoms with Crippen LogP contribution in [0.15, 0.2) is 48.5 Å². The lowest BCUT2D eigenvalue weighted by Gasteiger charge is -2.32. The Labute approximate surface area is 161 Å². The number of hydrogen-bond donors (Lipinski definition) is 1. The molecule has 28 heavy (non-hydrogen) atoms. The number of piperidine rings is 1. The van der Waals surface area contributed by atoms with Crippen molar-refractivity contribution in [1.29, 1.82) is 0 Å². The van der Waals surface area contributed by atoms with Gasteiger partial charge in [0.05, 0.1) is 11.5 Å². The van der Waals surface area contributed by atoms with Gasteiger partial charge in [-0.15, -0.1) is 0 Å². The molecule has 0 aromatic heterocycles. The number of nitrogens with one attached hydrogen (secondary N) is 1. The van der Waals surface area contributed by atoms with Gasteiger partial charge in [-0.1, -0.05) is 23.8 Å². The van der Waals surface area contributed by atoms with Crippen molar-refractivity contribution in [3.8, 4) is 0 Å². The summed E-state index contributed by atoms with van der Waals surface area (Å²) in [6.45, 7) is 2.56. The van der Waals surface area contributed by atoms with Crippen LogP contribution < -0.4 is 5.32 Å². The molecule has 2 aromatic carbocycles. The van der Waals surface area contributed by atoms with E-state index in [4.69, 9.17) is 0 Å². The Kier molecular flexibility index (Phi) is 5.72. The molecule has 1 N–H and O–H groups in total.